The molecule has 3 aromatic rings. The fourth-order valence-corrected chi connectivity index (χ4v) is 3.28. The first-order chi connectivity index (χ1) is 12.2. The van der Waals surface area contributed by atoms with Crippen molar-refractivity contribution in [2.45, 2.75) is 25.9 Å². The Morgan fingerprint density at radius 1 is 1.28 bits per heavy atom. The van der Waals surface area contributed by atoms with Crippen molar-refractivity contribution in [1.29, 1.82) is 0 Å². The molecule has 7 heteroatoms. The van der Waals surface area contributed by atoms with E-state index in [-0.39, 0.29) is 11.7 Å². The van der Waals surface area contributed by atoms with Gasteiger partial charge in [0.1, 0.15) is 5.82 Å². The quantitative estimate of drug-likeness (QED) is 0.724. The number of nitrogens with zero attached hydrogens (tertiary/aromatic N) is 3. The van der Waals surface area contributed by atoms with Crippen molar-refractivity contribution in [3.8, 4) is 0 Å². The molecule has 2 aromatic heterocycles. The van der Waals surface area contributed by atoms with Gasteiger partial charge in [-0.05, 0) is 24.6 Å². The van der Waals surface area contributed by atoms with E-state index in [1.807, 2.05) is 23.4 Å². The Kier molecular flexibility index (Phi) is 4.13. The predicted octanol–water partition coefficient (Wildman–Crippen LogP) is 2.74. The summed E-state index contributed by atoms with van der Waals surface area (Å²) in [6.45, 7) is 2.56. The van der Waals surface area contributed by atoms with Crippen molar-refractivity contribution in [2.75, 3.05) is 18.4 Å². The van der Waals surface area contributed by atoms with Gasteiger partial charge in [0.15, 0.2) is 0 Å². The normalized spacial score (nSPS) is 14.6. The molecule has 6 nitrogen and oxygen atoms in total. The van der Waals surface area contributed by atoms with Crippen LogP contribution in [0.2, 0.25) is 0 Å². The number of likely N-dealkylation sites (tertiary alicyclic amines) is 1. The highest BCUT2D eigenvalue weighted by molar-refractivity contribution is 5.83. The Bertz CT molecular complexity index is 900. The molecule has 0 atom stereocenters. The van der Waals surface area contributed by atoms with Gasteiger partial charge in [0.2, 0.25) is 5.91 Å². The molecule has 1 amide bonds. The highest BCUT2D eigenvalue weighted by Crippen LogP contribution is 2.22. The minimum Gasteiger partial charge on any atom is -0.378 e. The Labute approximate surface area is 144 Å². The second kappa shape index (κ2) is 6.58. The second-order valence-electron chi connectivity index (χ2n) is 6.29. The van der Waals surface area contributed by atoms with E-state index >= 15 is 0 Å². The SMILES string of the molecule is O=C1CCCN1CCn1cc(NCc2c(F)ccc3[nH]ccc23)cn1. The maximum atomic E-state index is 14.1. The van der Waals surface area contributed by atoms with Gasteiger partial charge in [-0.3, -0.25) is 9.48 Å². The molecule has 3 heterocycles. The van der Waals surface area contributed by atoms with Gasteiger partial charge in [0.25, 0.3) is 0 Å². The lowest BCUT2D eigenvalue weighted by atomic mass is 10.1. The molecular weight excluding hydrogens is 321 g/mol. The Hall–Kier alpha value is -2.83. The van der Waals surface area contributed by atoms with E-state index < -0.39 is 0 Å². The minimum atomic E-state index is -0.223. The molecule has 1 fully saturated rings. The molecule has 25 heavy (non-hydrogen) atoms. The molecule has 1 aliphatic heterocycles. The first-order valence-corrected chi connectivity index (χ1v) is 8.49. The molecule has 130 valence electrons. The van der Waals surface area contributed by atoms with E-state index in [4.69, 9.17) is 0 Å². The Balaban J connectivity index is 1.38. The van der Waals surface area contributed by atoms with Crippen LogP contribution in [0.15, 0.2) is 36.8 Å². The molecular formula is C18H20FN5O. The number of hydrogen-bond donors (Lipinski definition) is 2. The van der Waals surface area contributed by atoms with Crippen LogP contribution in [0.4, 0.5) is 10.1 Å². The zero-order valence-corrected chi connectivity index (χ0v) is 13.8. The van der Waals surface area contributed by atoms with Gasteiger partial charge >= 0.3 is 0 Å². The molecule has 0 saturated carbocycles. The third-order valence-electron chi connectivity index (χ3n) is 4.66. The Morgan fingerprint density at radius 3 is 3.04 bits per heavy atom. The highest BCUT2D eigenvalue weighted by atomic mass is 19.1. The number of anilines is 1. The fraction of sp³-hybridized carbons (Fsp3) is 0.333. The van der Waals surface area contributed by atoms with Crippen LogP contribution in [0, 0.1) is 5.82 Å². The van der Waals surface area contributed by atoms with Crippen LogP contribution in [0.3, 0.4) is 0 Å². The summed E-state index contributed by atoms with van der Waals surface area (Å²) in [6, 6.07) is 5.10. The molecule has 2 N–H and O–H groups in total. The summed E-state index contributed by atoms with van der Waals surface area (Å²) < 4.78 is 15.9. The average molecular weight is 341 g/mol. The first-order valence-electron chi connectivity index (χ1n) is 8.49. The van der Waals surface area contributed by atoms with Gasteiger partial charge in [0, 0.05) is 54.9 Å². The number of carbonyl (C=O) groups is 1. The number of nitrogens with one attached hydrogen (secondary N) is 2. The van der Waals surface area contributed by atoms with Gasteiger partial charge in [-0.15, -0.1) is 0 Å². The largest absolute Gasteiger partial charge is 0.378 e. The lowest BCUT2D eigenvalue weighted by Gasteiger charge is -2.14. The first kappa shape index (κ1) is 15.7. The third kappa shape index (κ3) is 3.22. The van der Waals surface area contributed by atoms with E-state index in [0.717, 1.165) is 29.6 Å². The third-order valence-corrected chi connectivity index (χ3v) is 4.66. The van der Waals surface area contributed by atoms with Crippen LogP contribution < -0.4 is 5.32 Å². The van der Waals surface area contributed by atoms with Crippen molar-refractivity contribution < 1.29 is 9.18 Å². The van der Waals surface area contributed by atoms with Crippen LogP contribution >= 0.6 is 0 Å². The zero-order valence-electron chi connectivity index (χ0n) is 13.8. The number of amides is 1. The predicted molar refractivity (Wildman–Crippen MR) is 93.6 cm³/mol. The minimum absolute atomic E-state index is 0.223. The maximum Gasteiger partial charge on any atom is 0.222 e. The van der Waals surface area contributed by atoms with E-state index in [2.05, 4.69) is 15.4 Å². The molecule has 0 unspecified atom stereocenters. The molecule has 0 bridgehead atoms. The summed E-state index contributed by atoms with van der Waals surface area (Å²) in [6.07, 6.45) is 7.02. The molecule has 0 aliphatic carbocycles. The zero-order chi connectivity index (χ0) is 17.2. The Morgan fingerprint density at radius 2 is 2.20 bits per heavy atom. The number of H-pyrrole nitrogens is 1. The van der Waals surface area contributed by atoms with Gasteiger partial charge < -0.3 is 15.2 Å². The second-order valence-corrected chi connectivity index (χ2v) is 6.29. The lowest BCUT2D eigenvalue weighted by molar-refractivity contribution is -0.127. The smallest absolute Gasteiger partial charge is 0.222 e. The van der Waals surface area contributed by atoms with Crippen molar-refractivity contribution in [3.63, 3.8) is 0 Å². The molecule has 4 rings (SSSR count). The molecule has 1 saturated heterocycles. The van der Waals surface area contributed by atoms with Gasteiger partial charge in [-0.25, -0.2) is 4.39 Å². The van der Waals surface area contributed by atoms with Gasteiger partial charge in [0.05, 0.1) is 18.4 Å². The monoisotopic (exact) mass is 341 g/mol. The summed E-state index contributed by atoms with van der Waals surface area (Å²) >= 11 is 0. The van der Waals surface area contributed by atoms with Crippen LogP contribution in [0.5, 0.6) is 0 Å². The van der Waals surface area contributed by atoms with Crippen molar-refractivity contribution in [3.05, 3.63) is 48.2 Å². The highest BCUT2D eigenvalue weighted by Gasteiger charge is 2.19. The van der Waals surface area contributed by atoms with Crippen LogP contribution in [-0.2, 0) is 17.9 Å². The van der Waals surface area contributed by atoms with Gasteiger partial charge in [-0.1, -0.05) is 0 Å². The molecule has 1 aromatic carbocycles. The van der Waals surface area contributed by atoms with E-state index in [1.54, 1.807) is 16.9 Å². The van der Waals surface area contributed by atoms with Gasteiger partial charge in [-0.2, -0.15) is 5.10 Å². The van der Waals surface area contributed by atoms with Crippen LogP contribution in [-0.4, -0.2) is 38.7 Å². The standard InChI is InChI=1S/C18H20FN5O/c19-16-3-4-17-14(5-6-20-17)15(16)11-21-13-10-22-24(12-13)9-8-23-7-1-2-18(23)25/h3-6,10,12,20-21H,1-2,7-9,11H2. The summed E-state index contributed by atoms with van der Waals surface area (Å²) in [5.74, 6) is 0.000106. The average Bonchev–Trinajstić information content (AvgIpc) is 3.33. The molecule has 0 spiro atoms. The number of fused-ring (bicyclic) bond motifs is 1. The lowest BCUT2D eigenvalue weighted by Crippen LogP contribution is -2.28. The number of benzene rings is 1. The summed E-state index contributed by atoms with van der Waals surface area (Å²) in [5.41, 5.74) is 2.39. The van der Waals surface area contributed by atoms with E-state index in [0.29, 0.717) is 31.6 Å². The van der Waals surface area contributed by atoms with E-state index in [1.165, 1.54) is 6.07 Å². The number of aromatic amines is 1. The van der Waals surface area contributed by atoms with Crippen LogP contribution in [0.1, 0.15) is 18.4 Å². The number of aromatic nitrogens is 3. The topological polar surface area (TPSA) is 66.0 Å². The van der Waals surface area contributed by atoms with Crippen molar-refractivity contribution in [2.24, 2.45) is 0 Å². The summed E-state index contributed by atoms with van der Waals surface area (Å²) in [5, 5.41) is 8.41. The maximum absolute atomic E-state index is 14.1. The summed E-state index contributed by atoms with van der Waals surface area (Å²) in [4.78, 5) is 16.6. The fourth-order valence-electron chi connectivity index (χ4n) is 3.28. The van der Waals surface area contributed by atoms with Crippen molar-refractivity contribution >= 4 is 22.5 Å². The number of halogens is 1. The molecule has 1 aliphatic rings. The number of rotatable bonds is 6. The number of carbonyl (C=O) groups excluding carboxylic acids is 1. The van der Waals surface area contributed by atoms with Crippen LogP contribution in [0.25, 0.3) is 10.9 Å². The number of hydrogen-bond acceptors (Lipinski definition) is 3. The van der Waals surface area contributed by atoms with E-state index in [9.17, 15) is 9.18 Å². The summed E-state index contributed by atoms with van der Waals surface area (Å²) in [7, 11) is 0. The molecule has 0 radical (unpaired) electrons. The van der Waals surface area contributed by atoms with Crippen molar-refractivity contribution in [1.82, 2.24) is 19.7 Å².